The Kier molecular flexibility index (Phi) is 24.2. The second kappa shape index (κ2) is 29.3. The molecular formula is C48H62N6O7. The third-order valence-corrected chi connectivity index (χ3v) is 9.12. The van der Waals surface area contributed by atoms with E-state index in [1.54, 1.807) is 50.4 Å². The zero-order chi connectivity index (χ0) is 44.8. The lowest BCUT2D eigenvalue weighted by atomic mass is 9.94. The Morgan fingerprint density at radius 3 is 1.87 bits per heavy atom. The molecule has 0 heterocycles. The van der Waals surface area contributed by atoms with Crippen molar-refractivity contribution in [3.8, 4) is 11.5 Å². The van der Waals surface area contributed by atoms with E-state index < -0.39 is 5.91 Å². The number of aldehydes is 1. The van der Waals surface area contributed by atoms with Crippen LogP contribution >= 0.6 is 0 Å². The van der Waals surface area contributed by atoms with Crippen LogP contribution in [0.2, 0.25) is 0 Å². The minimum absolute atomic E-state index is 0.0345. The van der Waals surface area contributed by atoms with Crippen molar-refractivity contribution in [2.45, 2.75) is 39.2 Å². The number of hydrogen-bond donors (Lipinski definition) is 3. The quantitative estimate of drug-likeness (QED) is 0.0932. The molecule has 0 bridgehead atoms. The molecule has 2 unspecified atom stereocenters. The maximum atomic E-state index is 12.7. The van der Waals surface area contributed by atoms with Crippen molar-refractivity contribution in [2.75, 3.05) is 75.0 Å². The molecule has 326 valence electrons. The van der Waals surface area contributed by atoms with Crippen LogP contribution in [0.25, 0.3) is 0 Å². The van der Waals surface area contributed by atoms with Crippen LogP contribution in [0.3, 0.4) is 0 Å². The van der Waals surface area contributed by atoms with E-state index in [1.807, 2.05) is 87.8 Å². The lowest BCUT2D eigenvalue weighted by molar-refractivity contribution is -0.122. The Bertz CT molecular complexity index is 1940. The summed E-state index contributed by atoms with van der Waals surface area (Å²) < 4.78 is 10.0. The highest BCUT2D eigenvalue weighted by atomic mass is 16.5. The standard InChI is InChI=1S/C22H28N4O4.C9H11NO2.C9H13NO.C8H10/c1-17(13-18-7-3-2-4-8-18)25-22(30)15-26(14-21(29)23-11-12-27)20-10-6-5-9-19(20)24-16-28;1-10(7-11)8-3-5-9(12-2)6-4-8;1-10(2)8-4-6-9(11-3)7-5-8;1-2-8-6-4-3-5-7-8/h2-7,9-10,12,16-18H,8,11,13-15H2,1H3,(H,23,29)(H,24,28)(H,25,30);3-7H,1-2H3;4-7H,1-3H3;3-7H,2H2,1H3. The molecule has 0 saturated heterocycles. The van der Waals surface area contributed by atoms with Crippen molar-refractivity contribution in [3.05, 3.63) is 133 Å². The topological polar surface area (TPSA) is 150 Å². The van der Waals surface area contributed by atoms with E-state index in [2.05, 4.69) is 64.2 Å². The van der Waals surface area contributed by atoms with E-state index >= 15 is 0 Å². The smallest absolute Gasteiger partial charge is 0.239 e. The summed E-state index contributed by atoms with van der Waals surface area (Å²) in [4.78, 5) is 61.8. The van der Waals surface area contributed by atoms with Crippen molar-refractivity contribution in [1.82, 2.24) is 10.6 Å². The fourth-order valence-corrected chi connectivity index (χ4v) is 5.83. The van der Waals surface area contributed by atoms with Crippen LogP contribution in [-0.2, 0) is 30.4 Å². The number of allylic oxidation sites excluding steroid dienone is 4. The number of rotatable bonds is 18. The summed E-state index contributed by atoms with van der Waals surface area (Å²) in [6, 6.07) is 32.6. The second-order valence-electron chi connectivity index (χ2n) is 14.0. The summed E-state index contributed by atoms with van der Waals surface area (Å²) in [5.41, 5.74) is 4.47. The Labute approximate surface area is 361 Å². The summed E-state index contributed by atoms with van der Waals surface area (Å²) in [5.74, 6) is 1.44. The molecule has 0 radical (unpaired) electrons. The monoisotopic (exact) mass is 834 g/mol. The molecule has 0 aromatic heterocycles. The molecule has 13 heteroatoms. The minimum atomic E-state index is -0.400. The van der Waals surface area contributed by atoms with Crippen molar-refractivity contribution in [1.29, 1.82) is 0 Å². The SMILES string of the molecule is CC(CC1C=CC=CC1)NC(=O)CN(CC(=O)NCC=O)c1ccccc1NC=O.CCc1ccccc1.COc1ccc(N(C)C)cc1.COc1ccc(N(C)C=O)cc1. The molecule has 0 fully saturated rings. The number of nitrogens with one attached hydrogen (secondary N) is 3. The predicted molar refractivity (Wildman–Crippen MR) is 247 cm³/mol. The van der Waals surface area contributed by atoms with E-state index in [-0.39, 0.29) is 31.6 Å². The zero-order valence-corrected chi connectivity index (χ0v) is 36.5. The van der Waals surface area contributed by atoms with E-state index in [1.165, 1.54) is 16.2 Å². The van der Waals surface area contributed by atoms with Gasteiger partial charge in [0, 0.05) is 38.6 Å². The van der Waals surface area contributed by atoms with Gasteiger partial charge in [0.15, 0.2) is 0 Å². The second-order valence-corrected chi connectivity index (χ2v) is 14.0. The van der Waals surface area contributed by atoms with Gasteiger partial charge in [-0.25, -0.2) is 0 Å². The van der Waals surface area contributed by atoms with Gasteiger partial charge in [0.25, 0.3) is 0 Å². The van der Waals surface area contributed by atoms with Crippen LogP contribution in [0.4, 0.5) is 22.7 Å². The van der Waals surface area contributed by atoms with Crippen LogP contribution < -0.4 is 40.1 Å². The number of benzene rings is 4. The number of carbonyl (C=O) groups excluding carboxylic acids is 5. The maximum Gasteiger partial charge on any atom is 0.239 e. The lowest BCUT2D eigenvalue weighted by Gasteiger charge is -2.27. The highest BCUT2D eigenvalue weighted by Gasteiger charge is 2.20. The van der Waals surface area contributed by atoms with E-state index in [0.29, 0.717) is 30.0 Å². The van der Waals surface area contributed by atoms with Crippen LogP contribution in [0.1, 0.15) is 32.3 Å². The van der Waals surface area contributed by atoms with Gasteiger partial charge in [-0.05, 0) is 98.3 Å². The van der Waals surface area contributed by atoms with Gasteiger partial charge >= 0.3 is 0 Å². The number of para-hydroxylation sites is 2. The third-order valence-electron chi connectivity index (χ3n) is 9.12. The number of hydrogen-bond acceptors (Lipinski definition) is 9. The van der Waals surface area contributed by atoms with Crippen LogP contribution in [-0.4, -0.2) is 92.0 Å². The Morgan fingerprint density at radius 2 is 1.36 bits per heavy atom. The van der Waals surface area contributed by atoms with Gasteiger partial charge in [-0.1, -0.05) is 73.7 Å². The van der Waals surface area contributed by atoms with Crippen molar-refractivity contribution in [2.24, 2.45) is 5.92 Å². The van der Waals surface area contributed by atoms with Crippen LogP contribution in [0.5, 0.6) is 11.5 Å². The zero-order valence-electron chi connectivity index (χ0n) is 36.5. The minimum Gasteiger partial charge on any atom is -0.497 e. The first kappa shape index (κ1) is 50.3. The third kappa shape index (κ3) is 20.1. The molecule has 1 aliphatic carbocycles. The van der Waals surface area contributed by atoms with Crippen molar-refractivity contribution < 1.29 is 33.4 Å². The number of anilines is 4. The Hall–Kier alpha value is -6.89. The maximum absolute atomic E-state index is 12.7. The normalized spacial score (nSPS) is 12.4. The van der Waals surface area contributed by atoms with Crippen molar-refractivity contribution >= 4 is 53.7 Å². The summed E-state index contributed by atoms with van der Waals surface area (Å²) in [7, 11) is 9.02. The molecule has 61 heavy (non-hydrogen) atoms. The average Bonchev–Trinajstić information content (AvgIpc) is 3.29. The highest BCUT2D eigenvalue weighted by molar-refractivity contribution is 5.91. The molecule has 4 aromatic rings. The molecule has 0 aliphatic heterocycles. The van der Waals surface area contributed by atoms with Gasteiger partial charge in [0.1, 0.15) is 17.8 Å². The highest BCUT2D eigenvalue weighted by Crippen LogP contribution is 2.25. The largest absolute Gasteiger partial charge is 0.497 e. The summed E-state index contributed by atoms with van der Waals surface area (Å²) in [6.07, 6.45) is 13.1. The molecule has 3 N–H and O–H groups in total. The van der Waals surface area contributed by atoms with E-state index in [0.717, 1.165) is 42.9 Å². The summed E-state index contributed by atoms with van der Waals surface area (Å²) >= 11 is 0. The number of methoxy groups -OCH3 is 2. The van der Waals surface area contributed by atoms with Gasteiger partial charge in [-0.15, -0.1) is 0 Å². The number of nitrogens with zero attached hydrogens (tertiary/aromatic N) is 3. The van der Waals surface area contributed by atoms with Gasteiger partial charge in [-0.2, -0.15) is 0 Å². The van der Waals surface area contributed by atoms with E-state index in [4.69, 9.17) is 9.47 Å². The molecule has 1 aliphatic rings. The van der Waals surface area contributed by atoms with Crippen LogP contribution in [0.15, 0.2) is 127 Å². The summed E-state index contributed by atoms with van der Waals surface area (Å²) in [5, 5.41) is 8.03. The molecule has 4 amide bonds. The fourth-order valence-electron chi connectivity index (χ4n) is 5.83. The van der Waals surface area contributed by atoms with Crippen LogP contribution in [0, 0.1) is 5.92 Å². The number of aryl methyl sites for hydroxylation is 1. The average molecular weight is 835 g/mol. The predicted octanol–water partition coefficient (Wildman–Crippen LogP) is 6.70. The molecule has 0 spiro atoms. The lowest BCUT2D eigenvalue weighted by Crippen LogP contribution is -2.45. The van der Waals surface area contributed by atoms with Gasteiger partial charge in [-0.3, -0.25) is 19.2 Å². The number of ether oxygens (including phenoxy) is 2. The van der Waals surface area contributed by atoms with Gasteiger partial charge < -0.3 is 44.9 Å². The molecule has 0 saturated carbocycles. The Balaban J connectivity index is 0.000000334. The number of amides is 4. The molecule has 5 rings (SSSR count). The van der Waals surface area contributed by atoms with Gasteiger partial charge in [0.2, 0.25) is 24.6 Å². The fraction of sp³-hybridized carbons (Fsp3) is 0.312. The molecular weight excluding hydrogens is 773 g/mol. The van der Waals surface area contributed by atoms with Crippen molar-refractivity contribution in [3.63, 3.8) is 0 Å². The Morgan fingerprint density at radius 1 is 0.770 bits per heavy atom. The first-order valence-electron chi connectivity index (χ1n) is 20.0. The molecule has 4 aromatic carbocycles. The molecule has 2 atom stereocenters. The molecule has 13 nitrogen and oxygen atoms in total. The first-order valence-corrected chi connectivity index (χ1v) is 20.0. The van der Waals surface area contributed by atoms with Gasteiger partial charge in [0.05, 0.1) is 45.2 Å². The van der Waals surface area contributed by atoms with E-state index in [9.17, 15) is 24.0 Å². The summed E-state index contributed by atoms with van der Waals surface area (Å²) in [6.45, 7) is 3.80. The number of carbonyl (C=O) groups is 5. The first-order chi connectivity index (χ1) is 29.5.